The smallest absolute Gasteiger partial charge is 0.272 e. The van der Waals surface area contributed by atoms with Gasteiger partial charge < -0.3 is 10.3 Å². The molecule has 0 atom stereocenters. The molecule has 1 amide bonds. The molecule has 0 bridgehead atoms. The maximum atomic E-state index is 12.2. The summed E-state index contributed by atoms with van der Waals surface area (Å²) in [5, 5.41) is 9.95. The normalized spacial score (nSPS) is 10.7. The summed E-state index contributed by atoms with van der Waals surface area (Å²) in [4.78, 5) is 38.2. The molecule has 116 valence electrons. The highest BCUT2D eigenvalue weighted by molar-refractivity contribution is 5.95. The molecule has 7 heteroatoms. The first-order valence-corrected chi connectivity index (χ1v) is 7.00. The van der Waals surface area contributed by atoms with Crippen molar-refractivity contribution in [3.8, 4) is 0 Å². The molecule has 0 spiro atoms. The van der Waals surface area contributed by atoms with Crippen LogP contribution < -0.4 is 16.4 Å². The quantitative estimate of drug-likeness (QED) is 0.673. The van der Waals surface area contributed by atoms with Crippen molar-refractivity contribution in [3.05, 3.63) is 68.5 Å². The molecule has 3 N–H and O–H groups in total. The number of carbonyl (C=O) groups is 1. The summed E-state index contributed by atoms with van der Waals surface area (Å²) in [6.45, 7) is 1.75. The van der Waals surface area contributed by atoms with E-state index in [1.807, 2.05) is 0 Å². The molecule has 0 saturated carbocycles. The van der Waals surface area contributed by atoms with Gasteiger partial charge in [0.15, 0.2) is 0 Å². The average Bonchev–Trinajstić information content (AvgIpc) is 2.53. The van der Waals surface area contributed by atoms with E-state index in [-0.39, 0.29) is 29.1 Å². The van der Waals surface area contributed by atoms with Crippen molar-refractivity contribution in [2.75, 3.05) is 5.32 Å². The van der Waals surface area contributed by atoms with Crippen LogP contribution >= 0.6 is 0 Å². The number of hydrogen-bond donors (Lipinski definition) is 3. The number of pyridine rings is 1. The second-order valence-electron chi connectivity index (χ2n) is 5.15. The number of aryl methyl sites for hydroxylation is 1. The summed E-state index contributed by atoms with van der Waals surface area (Å²) in [6, 6.07) is 10.2. The maximum Gasteiger partial charge on any atom is 0.272 e. The summed E-state index contributed by atoms with van der Waals surface area (Å²) in [5.74, 6) is -0.385. The van der Waals surface area contributed by atoms with Gasteiger partial charge in [-0.15, -0.1) is 0 Å². The third-order valence-corrected chi connectivity index (χ3v) is 3.43. The van der Waals surface area contributed by atoms with Gasteiger partial charge in [-0.1, -0.05) is 18.2 Å². The van der Waals surface area contributed by atoms with Gasteiger partial charge in [-0.25, -0.2) is 5.10 Å². The largest absolute Gasteiger partial charge is 0.325 e. The van der Waals surface area contributed by atoms with E-state index in [9.17, 15) is 14.4 Å². The third kappa shape index (κ3) is 3.03. The lowest BCUT2D eigenvalue weighted by Crippen LogP contribution is -2.22. The van der Waals surface area contributed by atoms with E-state index < -0.39 is 0 Å². The minimum absolute atomic E-state index is 0.0510. The van der Waals surface area contributed by atoms with Gasteiger partial charge in [0.05, 0.1) is 17.5 Å². The Bertz CT molecular complexity index is 1000. The second kappa shape index (κ2) is 5.88. The van der Waals surface area contributed by atoms with Gasteiger partial charge in [0.2, 0.25) is 5.91 Å². The number of fused-ring (bicyclic) bond motifs is 1. The zero-order chi connectivity index (χ0) is 16.4. The van der Waals surface area contributed by atoms with Crippen molar-refractivity contribution in [1.29, 1.82) is 0 Å². The highest BCUT2D eigenvalue weighted by Crippen LogP contribution is 2.13. The highest BCUT2D eigenvalue weighted by atomic mass is 16.2. The van der Waals surface area contributed by atoms with E-state index >= 15 is 0 Å². The van der Waals surface area contributed by atoms with E-state index in [2.05, 4.69) is 20.5 Å². The van der Waals surface area contributed by atoms with Crippen LogP contribution in [0.15, 0.2) is 46.0 Å². The van der Waals surface area contributed by atoms with Crippen LogP contribution in [0.1, 0.15) is 11.4 Å². The molecule has 1 aromatic carbocycles. The highest BCUT2D eigenvalue weighted by Gasteiger charge is 2.12. The fourth-order valence-corrected chi connectivity index (χ4v) is 2.32. The van der Waals surface area contributed by atoms with Gasteiger partial charge >= 0.3 is 0 Å². The summed E-state index contributed by atoms with van der Waals surface area (Å²) in [6.07, 6.45) is -0.0510. The molecule has 2 aromatic heterocycles. The summed E-state index contributed by atoms with van der Waals surface area (Å²) in [7, 11) is 0. The number of rotatable bonds is 3. The Balaban J connectivity index is 1.88. The lowest BCUT2D eigenvalue weighted by molar-refractivity contribution is -0.115. The van der Waals surface area contributed by atoms with Crippen molar-refractivity contribution >= 4 is 22.4 Å². The predicted molar refractivity (Wildman–Crippen MR) is 86.5 cm³/mol. The zero-order valence-electron chi connectivity index (χ0n) is 12.3. The fraction of sp³-hybridized carbons (Fsp3) is 0.125. The number of H-pyrrole nitrogens is 2. The summed E-state index contributed by atoms with van der Waals surface area (Å²) in [5.41, 5.74) is 0.661. The molecule has 0 aliphatic heterocycles. The number of anilines is 1. The summed E-state index contributed by atoms with van der Waals surface area (Å²) < 4.78 is 0. The number of nitrogens with one attached hydrogen (secondary N) is 3. The maximum absolute atomic E-state index is 12.2. The lowest BCUT2D eigenvalue weighted by atomic mass is 10.1. The molecule has 2 heterocycles. The molecule has 0 aliphatic rings. The zero-order valence-corrected chi connectivity index (χ0v) is 12.3. The van der Waals surface area contributed by atoms with Crippen LogP contribution in [0.4, 0.5) is 5.69 Å². The standard InChI is InChI=1S/C16H14N4O3/c1-9-6-7-12(16(23)17-9)18-14(21)8-13-10-4-2-3-5-11(10)15(22)20-19-13/h2-7H,8H2,1H3,(H,17,23)(H,18,21)(H,20,22). The van der Waals surface area contributed by atoms with Crippen LogP contribution in [0.3, 0.4) is 0 Å². The van der Waals surface area contributed by atoms with Gasteiger partial charge in [-0.05, 0) is 25.1 Å². The van der Waals surface area contributed by atoms with E-state index in [1.165, 1.54) is 0 Å². The molecule has 7 nitrogen and oxygen atoms in total. The average molecular weight is 310 g/mol. The molecular formula is C16H14N4O3. The van der Waals surface area contributed by atoms with Crippen molar-refractivity contribution in [2.24, 2.45) is 0 Å². The Labute approximate surface area is 130 Å². The molecule has 0 unspecified atom stereocenters. The molecular weight excluding hydrogens is 296 g/mol. The predicted octanol–water partition coefficient (Wildman–Crippen LogP) is 1.10. The van der Waals surface area contributed by atoms with Crippen molar-refractivity contribution in [1.82, 2.24) is 15.2 Å². The molecule has 23 heavy (non-hydrogen) atoms. The van der Waals surface area contributed by atoms with Crippen LogP contribution in [0.5, 0.6) is 0 Å². The topological polar surface area (TPSA) is 108 Å². The minimum Gasteiger partial charge on any atom is -0.325 e. The first-order valence-electron chi connectivity index (χ1n) is 7.00. The van der Waals surface area contributed by atoms with Crippen molar-refractivity contribution in [2.45, 2.75) is 13.3 Å². The molecule has 0 radical (unpaired) electrons. The van der Waals surface area contributed by atoms with E-state index in [0.717, 1.165) is 0 Å². The Morgan fingerprint density at radius 2 is 1.83 bits per heavy atom. The number of benzene rings is 1. The second-order valence-corrected chi connectivity index (χ2v) is 5.15. The van der Waals surface area contributed by atoms with Gasteiger partial charge in [0.1, 0.15) is 5.69 Å². The Hall–Kier alpha value is -3.22. The first kappa shape index (κ1) is 14.7. The van der Waals surface area contributed by atoms with Crippen LogP contribution in [-0.2, 0) is 11.2 Å². The van der Waals surface area contributed by atoms with E-state index in [1.54, 1.807) is 43.3 Å². The van der Waals surface area contributed by atoms with Crippen LogP contribution in [0, 0.1) is 6.92 Å². The minimum atomic E-state index is -0.385. The van der Waals surface area contributed by atoms with Crippen LogP contribution in [0.2, 0.25) is 0 Å². The molecule has 3 aromatic rings. The number of carbonyl (C=O) groups excluding carboxylic acids is 1. The molecule has 0 fully saturated rings. The Morgan fingerprint density at radius 3 is 2.57 bits per heavy atom. The van der Waals surface area contributed by atoms with E-state index in [4.69, 9.17) is 0 Å². The number of aromatic nitrogens is 3. The summed E-state index contributed by atoms with van der Waals surface area (Å²) >= 11 is 0. The Kier molecular flexibility index (Phi) is 3.76. The number of nitrogens with zero attached hydrogens (tertiary/aromatic N) is 1. The molecule has 0 saturated heterocycles. The third-order valence-electron chi connectivity index (χ3n) is 3.43. The monoisotopic (exact) mass is 310 g/mol. The first-order chi connectivity index (χ1) is 11.0. The van der Waals surface area contributed by atoms with Gasteiger partial charge in [0.25, 0.3) is 11.1 Å². The SMILES string of the molecule is Cc1ccc(NC(=O)Cc2n[nH]c(=O)c3ccccc23)c(=O)[nH]1. The van der Waals surface area contributed by atoms with Gasteiger partial charge in [-0.3, -0.25) is 14.4 Å². The molecule has 3 rings (SSSR count). The number of hydrogen-bond acceptors (Lipinski definition) is 4. The number of aromatic amines is 2. The number of amides is 1. The Morgan fingerprint density at radius 1 is 1.09 bits per heavy atom. The van der Waals surface area contributed by atoms with Crippen LogP contribution in [0.25, 0.3) is 10.8 Å². The fourth-order valence-electron chi connectivity index (χ4n) is 2.32. The van der Waals surface area contributed by atoms with Gasteiger partial charge in [-0.2, -0.15) is 5.10 Å². The van der Waals surface area contributed by atoms with Gasteiger partial charge in [0, 0.05) is 11.1 Å². The molecule has 0 aliphatic carbocycles. The lowest BCUT2D eigenvalue weighted by Gasteiger charge is -2.06. The van der Waals surface area contributed by atoms with Crippen molar-refractivity contribution in [3.63, 3.8) is 0 Å². The van der Waals surface area contributed by atoms with E-state index in [0.29, 0.717) is 22.2 Å². The van der Waals surface area contributed by atoms with Crippen molar-refractivity contribution < 1.29 is 4.79 Å². The van der Waals surface area contributed by atoms with Crippen LogP contribution in [-0.4, -0.2) is 21.1 Å².